The smallest absolute Gasteiger partial charge is 0.164 e. The Morgan fingerprint density at radius 1 is 0.680 bits per heavy atom. The van der Waals surface area contributed by atoms with Crippen molar-refractivity contribution in [2.75, 3.05) is 49.5 Å². The summed E-state index contributed by atoms with van der Waals surface area (Å²) in [6.07, 6.45) is 8.00. The maximum Gasteiger partial charge on any atom is 0.164 e. The summed E-state index contributed by atoms with van der Waals surface area (Å²) in [6, 6.07) is 31.5. The van der Waals surface area contributed by atoms with Crippen LogP contribution in [-0.4, -0.2) is 61.0 Å². The van der Waals surface area contributed by atoms with Gasteiger partial charge < -0.3 is 21.3 Å². The predicted octanol–water partition coefficient (Wildman–Crippen LogP) is 8.27. The minimum absolute atomic E-state index is 0.109. The Hall–Kier alpha value is -6.42. The van der Waals surface area contributed by atoms with Crippen molar-refractivity contribution < 1.29 is 0 Å². The van der Waals surface area contributed by atoms with Crippen LogP contribution in [0.25, 0.3) is 28.3 Å². The predicted molar refractivity (Wildman–Crippen MR) is 211 cm³/mol. The van der Waals surface area contributed by atoms with Crippen LogP contribution in [0, 0.1) is 5.41 Å². The van der Waals surface area contributed by atoms with E-state index in [1.54, 1.807) is 6.21 Å². The molecule has 0 unspecified atom stereocenters. The van der Waals surface area contributed by atoms with Crippen molar-refractivity contribution in [1.29, 1.82) is 5.41 Å². The van der Waals surface area contributed by atoms with Crippen molar-refractivity contribution in [2.24, 2.45) is 9.98 Å². The first-order chi connectivity index (χ1) is 24.4. The zero-order valence-electron chi connectivity index (χ0n) is 29.0. The van der Waals surface area contributed by atoms with E-state index in [0.29, 0.717) is 35.3 Å². The quantitative estimate of drug-likeness (QED) is 0.0516. The first-order valence-corrected chi connectivity index (χ1v) is 16.3. The molecule has 0 spiro atoms. The minimum atomic E-state index is 0.109. The van der Waals surface area contributed by atoms with E-state index in [1.165, 1.54) is 0 Å². The van der Waals surface area contributed by atoms with Crippen LogP contribution >= 0.6 is 0 Å². The standard InChI is InChI=1S/C40H42N10/c1-6-11-28(38-48-39(30-14-9-18-34(24-30)44-4)50-40(49-38)31-15-10-19-35(25-31)45-5)20-21-36(46-26-27-12-7-16-32(22-27)42-2)47-37(41)29-13-8-17-33(23-29)43-3/h6-20,22-26,41-45H,21H2,1-5H3/b11-6-,28-20+,41-37?,46-26?,47-36?. The topological polar surface area (TPSA) is 135 Å². The second kappa shape index (κ2) is 17.1. The first-order valence-electron chi connectivity index (χ1n) is 16.3. The second-order valence-electron chi connectivity index (χ2n) is 11.2. The molecule has 0 radical (unpaired) electrons. The highest BCUT2D eigenvalue weighted by Crippen LogP contribution is 2.27. The number of nitrogens with one attached hydrogen (secondary N) is 5. The summed E-state index contributed by atoms with van der Waals surface area (Å²) in [5.41, 5.74) is 7.86. The van der Waals surface area contributed by atoms with Crippen LogP contribution in [0.1, 0.15) is 30.3 Å². The van der Waals surface area contributed by atoms with E-state index in [2.05, 4.69) is 21.3 Å². The number of allylic oxidation sites excluding steroid dienone is 3. The first kappa shape index (κ1) is 34.9. The minimum Gasteiger partial charge on any atom is -0.388 e. The van der Waals surface area contributed by atoms with Gasteiger partial charge in [-0.15, -0.1) is 0 Å². The zero-order chi connectivity index (χ0) is 35.3. The lowest BCUT2D eigenvalue weighted by Crippen LogP contribution is -2.05. The van der Waals surface area contributed by atoms with E-state index in [-0.39, 0.29) is 5.84 Å². The number of hydrogen-bond donors (Lipinski definition) is 5. The van der Waals surface area contributed by atoms with E-state index >= 15 is 0 Å². The van der Waals surface area contributed by atoms with Gasteiger partial charge in [-0.05, 0) is 61.0 Å². The van der Waals surface area contributed by atoms with E-state index in [9.17, 15) is 0 Å². The van der Waals surface area contributed by atoms with Gasteiger partial charge in [0.25, 0.3) is 0 Å². The lowest BCUT2D eigenvalue weighted by atomic mass is 10.1. The van der Waals surface area contributed by atoms with Gasteiger partial charge in [0.15, 0.2) is 23.3 Å². The molecule has 0 aliphatic rings. The van der Waals surface area contributed by atoms with Crippen LogP contribution in [0.2, 0.25) is 0 Å². The van der Waals surface area contributed by atoms with Gasteiger partial charge in [-0.2, -0.15) is 0 Å². The Balaban J connectivity index is 1.60. The number of hydrogen-bond acceptors (Lipinski definition) is 8. The highest BCUT2D eigenvalue weighted by atomic mass is 15.0. The Morgan fingerprint density at radius 3 is 1.80 bits per heavy atom. The van der Waals surface area contributed by atoms with Crippen molar-refractivity contribution in [3.63, 3.8) is 0 Å². The maximum atomic E-state index is 8.85. The fourth-order valence-corrected chi connectivity index (χ4v) is 5.07. The molecule has 0 fully saturated rings. The van der Waals surface area contributed by atoms with Crippen molar-refractivity contribution in [3.05, 3.63) is 132 Å². The lowest BCUT2D eigenvalue weighted by molar-refractivity contribution is 1.04. The molecule has 5 aromatic rings. The molecule has 0 saturated carbocycles. The third-order valence-corrected chi connectivity index (χ3v) is 7.77. The van der Waals surface area contributed by atoms with Crippen molar-refractivity contribution in [1.82, 2.24) is 15.0 Å². The number of aromatic nitrogens is 3. The summed E-state index contributed by atoms with van der Waals surface area (Å²) >= 11 is 0. The monoisotopic (exact) mass is 662 g/mol. The number of nitrogens with zero attached hydrogens (tertiary/aromatic N) is 5. The van der Waals surface area contributed by atoms with Gasteiger partial charge in [0.1, 0.15) is 5.84 Å². The SMILES string of the molecule is C/C=C\C(=C/CC(N=Cc1cccc(NC)c1)=NC(=N)c1cccc(NC)c1)c1nc(-c2cccc(NC)c2)nc(-c2cccc(NC)c2)n1. The summed E-state index contributed by atoms with van der Waals surface area (Å²) in [5, 5.41) is 21.5. The third-order valence-electron chi connectivity index (χ3n) is 7.77. The van der Waals surface area contributed by atoms with Gasteiger partial charge in [-0.3, -0.25) is 5.41 Å². The molecule has 0 saturated heterocycles. The third kappa shape index (κ3) is 9.13. The van der Waals surface area contributed by atoms with Crippen LogP contribution in [0.15, 0.2) is 125 Å². The molecule has 252 valence electrons. The molecule has 1 heterocycles. The molecule has 0 atom stereocenters. The number of amidine groups is 2. The molecule has 0 amide bonds. The van der Waals surface area contributed by atoms with Crippen molar-refractivity contribution in [2.45, 2.75) is 13.3 Å². The fraction of sp³-hybridized carbons (Fsp3) is 0.150. The number of anilines is 4. The average Bonchev–Trinajstić information content (AvgIpc) is 3.18. The van der Waals surface area contributed by atoms with Gasteiger partial charge in [0.05, 0.1) is 0 Å². The molecular formula is C40H42N10. The Morgan fingerprint density at radius 2 is 1.22 bits per heavy atom. The van der Waals surface area contributed by atoms with E-state index < -0.39 is 0 Å². The molecule has 4 aromatic carbocycles. The van der Waals surface area contributed by atoms with E-state index in [0.717, 1.165) is 45.0 Å². The zero-order valence-corrected chi connectivity index (χ0v) is 29.0. The van der Waals surface area contributed by atoms with Crippen LogP contribution in [0.5, 0.6) is 0 Å². The Kier molecular flexibility index (Phi) is 11.9. The molecular weight excluding hydrogens is 621 g/mol. The molecule has 5 rings (SSSR count). The lowest BCUT2D eigenvalue weighted by Gasteiger charge is -2.11. The Labute approximate surface area is 293 Å². The molecule has 10 nitrogen and oxygen atoms in total. The molecule has 0 bridgehead atoms. The van der Waals surface area contributed by atoms with E-state index in [1.807, 2.05) is 150 Å². The summed E-state index contributed by atoms with van der Waals surface area (Å²) < 4.78 is 0. The summed E-state index contributed by atoms with van der Waals surface area (Å²) in [7, 11) is 7.50. The molecule has 10 heteroatoms. The van der Waals surface area contributed by atoms with E-state index in [4.69, 9.17) is 30.3 Å². The number of rotatable bonds is 12. The summed E-state index contributed by atoms with van der Waals surface area (Å²) in [6.45, 7) is 1.95. The van der Waals surface area contributed by atoms with Gasteiger partial charge >= 0.3 is 0 Å². The normalized spacial score (nSPS) is 11.9. The molecule has 1 aromatic heterocycles. The van der Waals surface area contributed by atoms with Gasteiger partial charge in [0, 0.05) is 85.8 Å². The summed E-state index contributed by atoms with van der Waals surface area (Å²) in [5.74, 6) is 2.18. The number of benzene rings is 4. The second-order valence-corrected chi connectivity index (χ2v) is 11.2. The number of aliphatic imine (C=N–C) groups is 2. The van der Waals surface area contributed by atoms with Crippen molar-refractivity contribution in [3.8, 4) is 22.8 Å². The highest BCUT2D eigenvalue weighted by molar-refractivity contribution is 6.08. The average molecular weight is 663 g/mol. The molecule has 0 aliphatic heterocycles. The largest absolute Gasteiger partial charge is 0.388 e. The van der Waals surface area contributed by atoms with Crippen LogP contribution < -0.4 is 21.3 Å². The molecule has 0 aliphatic carbocycles. The summed E-state index contributed by atoms with van der Waals surface area (Å²) in [4.78, 5) is 24.3. The molecule has 5 N–H and O–H groups in total. The van der Waals surface area contributed by atoms with Crippen LogP contribution in [0.3, 0.4) is 0 Å². The van der Waals surface area contributed by atoms with Crippen molar-refractivity contribution >= 4 is 46.2 Å². The molecule has 50 heavy (non-hydrogen) atoms. The Bertz CT molecular complexity index is 2010. The van der Waals surface area contributed by atoms with Gasteiger partial charge in [0.2, 0.25) is 0 Å². The van der Waals surface area contributed by atoms with Crippen LogP contribution in [-0.2, 0) is 0 Å². The fourth-order valence-electron chi connectivity index (χ4n) is 5.07. The highest BCUT2D eigenvalue weighted by Gasteiger charge is 2.14. The maximum absolute atomic E-state index is 8.85. The van der Waals surface area contributed by atoms with Gasteiger partial charge in [-0.25, -0.2) is 24.9 Å². The van der Waals surface area contributed by atoms with Crippen LogP contribution in [0.4, 0.5) is 22.7 Å². The van der Waals surface area contributed by atoms with Gasteiger partial charge in [-0.1, -0.05) is 66.8 Å².